The van der Waals surface area contributed by atoms with Gasteiger partial charge in [0.1, 0.15) is 0 Å². The van der Waals surface area contributed by atoms with Crippen LogP contribution in [0.4, 0.5) is 8.78 Å². The normalized spacial score (nSPS) is 29.0. The van der Waals surface area contributed by atoms with E-state index in [1.807, 2.05) is 29.9 Å². The molecule has 1 aromatic rings. The number of hydrogen-bond acceptors (Lipinski definition) is 4. The highest BCUT2D eigenvalue weighted by Gasteiger charge is 2.33. The van der Waals surface area contributed by atoms with Crippen LogP contribution in [0.15, 0.2) is 16.9 Å². The Labute approximate surface area is 157 Å². The third-order valence-electron chi connectivity index (χ3n) is 5.75. The van der Waals surface area contributed by atoms with Gasteiger partial charge in [0.05, 0.1) is 18.8 Å². The summed E-state index contributed by atoms with van der Waals surface area (Å²) in [4.78, 5) is 12.7. The molecule has 3 rings (SSSR count). The van der Waals surface area contributed by atoms with Gasteiger partial charge in [-0.15, -0.1) is 0 Å². The van der Waals surface area contributed by atoms with Crippen LogP contribution in [0.3, 0.4) is 0 Å². The minimum atomic E-state index is -2.22. The lowest BCUT2D eigenvalue weighted by Gasteiger charge is -2.37. The Hall–Kier alpha value is -0.920. The molecule has 1 aliphatic carbocycles. The lowest BCUT2D eigenvalue weighted by Crippen LogP contribution is -2.46. The number of rotatable bonds is 6. The first kappa shape index (κ1) is 19.8. The van der Waals surface area contributed by atoms with E-state index in [1.165, 1.54) is 0 Å². The monoisotopic (exact) mass is 386 g/mol. The molecule has 0 aromatic carbocycles. The fraction of sp³-hybridized carbons (Fsp3) is 0.737. The molecule has 146 valence electrons. The topological polar surface area (TPSA) is 43.3 Å². The summed E-state index contributed by atoms with van der Waals surface area (Å²) in [6, 6.07) is 4.02. The summed E-state index contributed by atoms with van der Waals surface area (Å²) in [5.74, 6) is -0.485. The molecule has 1 aliphatic heterocycles. The number of fused-ring (bicyclic) bond motifs is 1. The van der Waals surface area contributed by atoms with Crippen molar-refractivity contribution in [3.63, 3.8) is 0 Å². The van der Waals surface area contributed by atoms with Crippen molar-refractivity contribution in [2.45, 2.75) is 70.1 Å². The van der Waals surface area contributed by atoms with Crippen LogP contribution in [0, 0.1) is 12.8 Å². The quantitative estimate of drug-likeness (QED) is 0.757. The molecule has 2 unspecified atom stereocenters. The van der Waals surface area contributed by atoms with Crippen molar-refractivity contribution in [1.29, 1.82) is 0 Å². The smallest absolute Gasteiger partial charge is 0.254 e. The molecule has 26 heavy (non-hydrogen) atoms. The minimum absolute atomic E-state index is 0.0193. The van der Waals surface area contributed by atoms with E-state index in [0.717, 1.165) is 24.1 Å². The number of hydrogen-bond donors (Lipinski definition) is 1. The van der Waals surface area contributed by atoms with Crippen LogP contribution in [-0.4, -0.2) is 36.0 Å². The van der Waals surface area contributed by atoms with Crippen molar-refractivity contribution in [2.75, 3.05) is 12.9 Å². The molecule has 0 spiro atoms. The van der Waals surface area contributed by atoms with Gasteiger partial charge in [0.2, 0.25) is 6.43 Å². The lowest BCUT2D eigenvalue weighted by atomic mass is 9.87. The van der Waals surface area contributed by atoms with Gasteiger partial charge in [-0.1, -0.05) is 18.0 Å². The first-order chi connectivity index (χ1) is 12.5. The van der Waals surface area contributed by atoms with E-state index in [2.05, 4.69) is 4.72 Å². The highest BCUT2D eigenvalue weighted by Crippen LogP contribution is 2.32. The SMILES string of the molecule is CSNC1CCc2ccc(C)c(=O)n2C1COC1CCC(C(F)F)CC1. The molecular formula is C19H28F2N2O2S. The van der Waals surface area contributed by atoms with E-state index >= 15 is 0 Å². The summed E-state index contributed by atoms with van der Waals surface area (Å²) in [5, 5.41) is 0. The molecule has 0 saturated heterocycles. The average molecular weight is 387 g/mol. The number of aryl methyl sites for hydroxylation is 2. The Kier molecular flexibility index (Phi) is 6.75. The van der Waals surface area contributed by atoms with Crippen LogP contribution in [0.25, 0.3) is 0 Å². The second-order valence-corrected chi connectivity index (χ2v) is 8.07. The Morgan fingerprint density at radius 1 is 1.27 bits per heavy atom. The Bertz CT molecular complexity index is 659. The van der Waals surface area contributed by atoms with Crippen molar-refractivity contribution < 1.29 is 13.5 Å². The zero-order chi connectivity index (χ0) is 18.7. The second-order valence-electron chi connectivity index (χ2n) is 7.42. The van der Waals surface area contributed by atoms with E-state index in [9.17, 15) is 13.6 Å². The van der Waals surface area contributed by atoms with Gasteiger partial charge in [-0.05, 0) is 57.8 Å². The Morgan fingerprint density at radius 2 is 2.00 bits per heavy atom. The summed E-state index contributed by atoms with van der Waals surface area (Å²) in [6.45, 7) is 2.28. The molecule has 2 atom stereocenters. The van der Waals surface area contributed by atoms with Crippen LogP contribution in [0.2, 0.25) is 0 Å². The summed E-state index contributed by atoms with van der Waals surface area (Å²) in [6.07, 6.45) is 4.00. The zero-order valence-corrected chi connectivity index (χ0v) is 16.2. The van der Waals surface area contributed by atoms with Gasteiger partial charge in [0.15, 0.2) is 0 Å². The second kappa shape index (κ2) is 8.85. The third kappa shape index (κ3) is 4.31. The number of nitrogens with zero attached hydrogens (tertiary/aromatic N) is 1. The predicted molar refractivity (Wildman–Crippen MR) is 101 cm³/mol. The highest BCUT2D eigenvalue weighted by molar-refractivity contribution is 7.96. The van der Waals surface area contributed by atoms with Crippen molar-refractivity contribution in [3.8, 4) is 0 Å². The van der Waals surface area contributed by atoms with Gasteiger partial charge in [0.25, 0.3) is 5.56 Å². The molecule has 2 heterocycles. The maximum Gasteiger partial charge on any atom is 0.254 e. The van der Waals surface area contributed by atoms with Crippen molar-refractivity contribution in [2.24, 2.45) is 5.92 Å². The van der Waals surface area contributed by atoms with E-state index < -0.39 is 12.3 Å². The molecule has 1 saturated carbocycles. The summed E-state index contributed by atoms with van der Waals surface area (Å²) in [7, 11) is 0. The van der Waals surface area contributed by atoms with Crippen LogP contribution < -0.4 is 10.3 Å². The number of alkyl halides is 2. The van der Waals surface area contributed by atoms with Crippen LogP contribution in [0.5, 0.6) is 0 Å². The standard InChI is InChI=1S/C19H28F2N2O2S/c1-12-3-6-14-7-10-16(22-26-2)17(23(14)19(12)24)11-25-15-8-4-13(5-9-15)18(20)21/h3,6,13,15-18,22H,4-5,7-11H2,1-2H3. The van der Waals surface area contributed by atoms with E-state index in [0.29, 0.717) is 32.3 Å². The lowest BCUT2D eigenvalue weighted by molar-refractivity contribution is -0.0287. The zero-order valence-electron chi connectivity index (χ0n) is 15.4. The molecule has 1 fully saturated rings. The Balaban J connectivity index is 1.71. The largest absolute Gasteiger partial charge is 0.376 e. The van der Waals surface area contributed by atoms with Gasteiger partial charge in [-0.3, -0.25) is 9.52 Å². The number of pyridine rings is 1. The highest BCUT2D eigenvalue weighted by atomic mass is 32.2. The van der Waals surface area contributed by atoms with E-state index in [1.54, 1.807) is 11.9 Å². The molecule has 7 heteroatoms. The molecule has 4 nitrogen and oxygen atoms in total. The summed E-state index contributed by atoms with van der Waals surface area (Å²) < 4.78 is 37.1. The Morgan fingerprint density at radius 3 is 2.65 bits per heavy atom. The molecule has 0 radical (unpaired) electrons. The summed E-state index contributed by atoms with van der Waals surface area (Å²) >= 11 is 1.56. The van der Waals surface area contributed by atoms with Crippen LogP contribution in [0.1, 0.15) is 49.4 Å². The van der Waals surface area contributed by atoms with E-state index in [4.69, 9.17) is 4.74 Å². The maximum atomic E-state index is 12.8. The minimum Gasteiger partial charge on any atom is -0.376 e. The predicted octanol–water partition coefficient (Wildman–Crippen LogP) is 3.72. The van der Waals surface area contributed by atoms with Crippen LogP contribution in [-0.2, 0) is 11.2 Å². The molecule has 1 N–H and O–H groups in total. The van der Waals surface area contributed by atoms with Crippen LogP contribution >= 0.6 is 11.9 Å². The van der Waals surface area contributed by atoms with Crippen molar-refractivity contribution >= 4 is 11.9 Å². The first-order valence-electron chi connectivity index (χ1n) is 9.40. The molecule has 0 bridgehead atoms. The van der Waals surface area contributed by atoms with Gasteiger partial charge >= 0.3 is 0 Å². The summed E-state index contributed by atoms with van der Waals surface area (Å²) in [5.41, 5.74) is 1.83. The van der Waals surface area contributed by atoms with Gasteiger partial charge in [-0.2, -0.15) is 0 Å². The molecule has 2 aliphatic rings. The van der Waals surface area contributed by atoms with Crippen molar-refractivity contribution in [1.82, 2.24) is 9.29 Å². The van der Waals surface area contributed by atoms with Gasteiger partial charge in [-0.25, -0.2) is 8.78 Å². The average Bonchev–Trinajstić information content (AvgIpc) is 2.64. The number of nitrogens with one attached hydrogen (secondary N) is 1. The first-order valence-corrected chi connectivity index (χ1v) is 10.6. The number of ether oxygens (including phenoxy) is 1. The third-order valence-corrected chi connectivity index (χ3v) is 6.28. The number of halogens is 2. The fourth-order valence-corrected chi connectivity index (χ4v) is 4.74. The van der Waals surface area contributed by atoms with Gasteiger partial charge in [0, 0.05) is 23.2 Å². The number of aromatic nitrogens is 1. The molecular weight excluding hydrogens is 358 g/mol. The van der Waals surface area contributed by atoms with Gasteiger partial charge < -0.3 is 9.30 Å². The molecule has 0 amide bonds. The van der Waals surface area contributed by atoms with Crippen molar-refractivity contribution in [3.05, 3.63) is 33.7 Å². The maximum absolute atomic E-state index is 12.8. The van der Waals surface area contributed by atoms with E-state index in [-0.39, 0.29) is 23.7 Å². The molecule has 1 aromatic heterocycles. The fourth-order valence-electron chi connectivity index (χ4n) is 4.16.